The van der Waals surface area contributed by atoms with Crippen LogP contribution in [0.2, 0.25) is 0 Å². The molecule has 1 aliphatic heterocycles. The number of hydrogen-bond donors (Lipinski definition) is 2. The van der Waals surface area contributed by atoms with E-state index in [4.69, 9.17) is 0 Å². The molecule has 1 amide bonds. The van der Waals surface area contributed by atoms with Crippen molar-refractivity contribution < 1.29 is 9.90 Å². The van der Waals surface area contributed by atoms with Crippen LogP contribution in [-0.2, 0) is 11.3 Å². The molecule has 8 heteroatoms. The summed E-state index contributed by atoms with van der Waals surface area (Å²) in [5.41, 5.74) is 2.51. The summed E-state index contributed by atoms with van der Waals surface area (Å²) in [6, 6.07) is 3.75. The fraction of sp³-hybridized carbons (Fsp3) is 0.333. The lowest BCUT2D eigenvalue weighted by molar-refractivity contribution is -0.127. The second-order valence-corrected chi connectivity index (χ2v) is 6.55. The summed E-state index contributed by atoms with van der Waals surface area (Å²) < 4.78 is 0. The molecule has 1 aromatic heterocycles. The fourth-order valence-corrected chi connectivity index (χ4v) is 3.49. The number of thioether (sulfide) groups is 1. The van der Waals surface area contributed by atoms with Gasteiger partial charge in [-0.25, -0.2) is 0 Å². The molecule has 0 bridgehead atoms. The molecule has 2 N–H and O–H groups in total. The van der Waals surface area contributed by atoms with Crippen molar-refractivity contribution in [3.8, 4) is 5.75 Å². The van der Waals surface area contributed by atoms with E-state index in [1.807, 2.05) is 32.1 Å². The number of nitrogens with zero attached hydrogens (tertiary/aromatic N) is 4. The van der Waals surface area contributed by atoms with Crippen LogP contribution in [0, 0.1) is 13.8 Å². The van der Waals surface area contributed by atoms with Crippen molar-refractivity contribution in [1.29, 1.82) is 0 Å². The van der Waals surface area contributed by atoms with Crippen LogP contribution in [-0.4, -0.2) is 48.8 Å². The third kappa shape index (κ3) is 3.37. The Morgan fingerprint density at radius 2 is 2.13 bits per heavy atom. The SMILES string of the molecule is Cc1cc(/C=C2/SCCN(Cc3nn[nH]n3)C2=O)cc(C)c1O. The third-order valence-corrected chi connectivity index (χ3v) is 4.64. The molecule has 2 heterocycles. The smallest absolute Gasteiger partial charge is 0.260 e. The molecule has 0 spiro atoms. The number of aromatic hydroxyl groups is 1. The highest BCUT2D eigenvalue weighted by molar-refractivity contribution is 8.04. The van der Waals surface area contributed by atoms with E-state index in [1.54, 1.807) is 16.7 Å². The average Bonchev–Trinajstić information content (AvgIpc) is 3.02. The van der Waals surface area contributed by atoms with Crippen molar-refractivity contribution in [3.63, 3.8) is 0 Å². The molecule has 1 fully saturated rings. The summed E-state index contributed by atoms with van der Waals surface area (Å²) in [5, 5.41) is 23.5. The van der Waals surface area contributed by atoms with Gasteiger partial charge in [-0.05, 0) is 48.7 Å². The normalized spacial score (nSPS) is 17.0. The monoisotopic (exact) mass is 331 g/mol. The maximum atomic E-state index is 12.6. The van der Waals surface area contributed by atoms with Crippen LogP contribution in [0.1, 0.15) is 22.5 Å². The number of phenols is 1. The van der Waals surface area contributed by atoms with E-state index >= 15 is 0 Å². The van der Waals surface area contributed by atoms with Crippen LogP contribution in [0.5, 0.6) is 5.75 Å². The van der Waals surface area contributed by atoms with E-state index in [0.717, 1.165) is 22.4 Å². The van der Waals surface area contributed by atoms with Crippen molar-refractivity contribution in [3.05, 3.63) is 39.6 Å². The molecule has 1 saturated heterocycles. The minimum absolute atomic E-state index is 0.0329. The zero-order valence-electron chi connectivity index (χ0n) is 12.9. The van der Waals surface area contributed by atoms with Gasteiger partial charge < -0.3 is 10.0 Å². The van der Waals surface area contributed by atoms with Gasteiger partial charge in [0, 0.05) is 12.3 Å². The number of aromatic amines is 1. The summed E-state index contributed by atoms with van der Waals surface area (Å²) >= 11 is 1.54. The Morgan fingerprint density at radius 3 is 2.78 bits per heavy atom. The topological polar surface area (TPSA) is 95.0 Å². The van der Waals surface area contributed by atoms with Crippen LogP contribution in [0.15, 0.2) is 17.0 Å². The Bertz CT molecular complexity index is 734. The van der Waals surface area contributed by atoms with E-state index in [1.165, 1.54) is 0 Å². The lowest BCUT2D eigenvalue weighted by Gasteiger charge is -2.26. The number of amides is 1. The highest BCUT2D eigenvalue weighted by Crippen LogP contribution is 2.29. The molecule has 0 aliphatic carbocycles. The zero-order valence-corrected chi connectivity index (χ0v) is 13.7. The number of rotatable bonds is 3. The second-order valence-electron chi connectivity index (χ2n) is 5.42. The van der Waals surface area contributed by atoms with E-state index < -0.39 is 0 Å². The Morgan fingerprint density at radius 1 is 1.39 bits per heavy atom. The van der Waals surface area contributed by atoms with Gasteiger partial charge in [-0.15, -0.1) is 22.0 Å². The molecule has 0 saturated carbocycles. The number of carbonyl (C=O) groups is 1. The number of aromatic nitrogens is 4. The molecule has 120 valence electrons. The largest absolute Gasteiger partial charge is 0.507 e. The van der Waals surface area contributed by atoms with Gasteiger partial charge in [-0.1, -0.05) is 5.21 Å². The number of nitrogens with one attached hydrogen (secondary N) is 1. The van der Waals surface area contributed by atoms with Gasteiger partial charge in [0.2, 0.25) is 0 Å². The number of tetrazole rings is 1. The summed E-state index contributed by atoms with van der Waals surface area (Å²) in [7, 11) is 0. The van der Waals surface area contributed by atoms with Crippen molar-refractivity contribution in [2.75, 3.05) is 12.3 Å². The summed E-state index contributed by atoms with van der Waals surface area (Å²) in [5.74, 6) is 1.59. The van der Waals surface area contributed by atoms with Crippen molar-refractivity contribution in [2.45, 2.75) is 20.4 Å². The van der Waals surface area contributed by atoms with Crippen molar-refractivity contribution >= 4 is 23.7 Å². The summed E-state index contributed by atoms with van der Waals surface area (Å²) in [6.07, 6.45) is 1.87. The number of benzene rings is 1. The van der Waals surface area contributed by atoms with Crippen LogP contribution in [0.4, 0.5) is 0 Å². The Labute approximate surface area is 137 Å². The minimum Gasteiger partial charge on any atom is -0.507 e. The van der Waals surface area contributed by atoms with Gasteiger partial charge >= 0.3 is 0 Å². The number of carbonyl (C=O) groups excluding carboxylic acids is 1. The predicted octanol–water partition coefficient (Wildman–Crippen LogP) is 1.64. The molecule has 0 radical (unpaired) electrons. The molecule has 0 unspecified atom stereocenters. The van der Waals surface area contributed by atoms with Gasteiger partial charge in [-0.3, -0.25) is 4.79 Å². The molecule has 23 heavy (non-hydrogen) atoms. The summed E-state index contributed by atoms with van der Waals surface area (Å²) in [6.45, 7) is 4.70. The first-order chi connectivity index (χ1) is 11.0. The van der Waals surface area contributed by atoms with E-state index in [0.29, 0.717) is 29.6 Å². The number of phenolic OH excluding ortho intramolecular Hbond substituents is 1. The van der Waals surface area contributed by atoms with Gasteiger partial charge in [-0.2, -0.15) is 5.21 Å². The van der Waals surface area contributed by atoms with Crippen LogP contribution < -0.4 is 0 Å². The van der Waals surface area contributed by atoms with Crippen LogP contribution >= 0.6 is 11.8 Å². The zero-order chi connectivity index (χ0) is 16.4. The molecule has 7 nitrogen and oxygen atoms in total. The highest BCUT2D eigenvalue weighted by atomic mass is 32.2. The quantitative estimate of drug-likeness (QED) is 0.830. The minimum atomic E-state index is -0.0329. The predicted molar refractivity (Wildman–Crippen MR) is 87.6 cm³/mol. The Hall–Kier alpha value is -2.35. The van der Waals surface area contributed by atoms with Gasteiger partial charge in [0.15, 0.2) is 5.82 Å². The van der Waals surface area contributed by atoms with Crippen molar-refractivity contribution in [1.82, 2.24) is 25.5 Å². The van der Waals surface area contributed by atoms with E-state index in [9.17, 15) is 9.90 Å². The molecule has 1 aliphatic rings. The first kappa shape index (κ1) is 15.5. The first-order valence-corrected chi connectivity index (χ1v) is 8.19. The molecular weight excluding hydrogens is 314 g/mol. The maximum absolute atomic E-state index is 12.6. The highest BCUT2D eigenvalue weighted by Gasteiger charge is 2.25. The number of aryl methyl sites for hydroxylation is 2. The lowest BCUT2D eigenvalue weighted by Crippen LogP contribution is -2.36. The van der Waals surface area contributed by atoms with E-state index in [-0.39, 0.29) is 5.91 Å². The number of H-pyrrole nitrogens is 1. The standard InChI is InChI=1S/C15H17N5O2S/c1-9-5-11(6-10(2)14(9)21)7-12-15(22)20(3-4-23-12)8-13-16-18-19-17-13/h5-7,21H,3-4,8H2,1-2H3,(H,16,17,18,19)/b12-7+. The molecule has 0 atom stereocenters. The van der Waals surface area contributed by atoms with Gasteiger partial charge in [0.1, 0.15) is 5.75 Å². The molecule has 2 aromatic rings. The Balaban J connectivity index is 1.83. The molecular formula is C15H17N5O2S. The fourth-order valence-electron chi connectivity index (χ4n) is 2.48. The van der Waals surface area contributed by atoms with Gasteiger partial charge in [0.25, 0.3) is 5.91 Å². The number of hydrogen-bond acceptors (Lipinski definition) is 6. The van der Waals surface area contributed by atoms with E-state index in [2.05, 4.69) is 20.6 Å². The van der Waals surface area contributed by atoms with Crippen LogP contribution in [0.3, 0.4) is 0 Å². The van der Waals surface area contributed by atoms with Gasteiger partial charge in [0.05, 0.1) is 11.4 Å². The lowest BCUT2D eigenvalue weighted by atomic mass is 10.1. The Kier molecular flexibility index (Phi) is 4.33. The maximum Gasteiger partial charge on any atom is 0.260 e. The second kappa shape index (κ2) is 6.41. The first-order valence-electron chi connectivity index (χ1n) is 7.21. The van der Waals surface area contributed by atoms with Crippen molar-refractivity contribution in [2.24, 2.45) is 0 Å². The average molecular weight is 331 g/mol. The molecule has 3 rings (SSSR count). The molecule has 1 aromatic carbocycles. The third-order valence-electron chi connectivity index (χ3n) is 3.65. The van der Waals surface area contributed by atoms with Crippen LogP contribution in [0.25, 0.3) is 6.08 Å². The summed E-state index contributed by atoms with van der Waals surface area (Å²) in [4.78, 5) is 15.0.